The fourth-order valence-corrected chi connectivity index (χ4v) is 2.90. The molecule has 0 amide bonds. The summed E-state index contributed by atoms with van der Waals surface area (Å²) in [5.41, 5.74) is -0.530. The second kappa shape index (κ2) is 6.02. The van der Waals surface area contributed by atoms with Crippen LogP contribution in [0, 0.1) is 0 Å². The molecule has 0 atom stereocenters. The average molecular weight is 395 g/mol. The Kier molecular flexibility index (Phi) is 4.06. The summed E-state index contributed by atoms with van der Waals surface area (Å²) in [6.45, 7) is 0. The lowest BCUT2D eigenvalue weighted by atomic mass is 10.2. The van der Waals surface area contributed by atoms with Gasteiger partial charge in [0.15, 0.2) is 0 Å². The van der Waals surface area contributed by atoms with Gasteiger partial charge in [0.1, 0.15) is 5.75 Å². The zero-order valence-corrected chi connectivity index (χ0v) is 13.8. The Balaban J connectivity index is 2.16. The van der Waals surface area contributed by atoms with Crippen molar-refractivity contribution in [1.29, 1.82) is 0 Å². The Morgan fingerprint density at radius 3 is 2.78 bits per heavy atom. The normalized spacial score (nSPS) is 11.4. The minimum Gasteiger partial charge on any atom is -0.506 e. The molecule has 2 N–H and O–H groups in total. The molecule has 0 saturated heterocycles. The van der Waals surface area contributed by atoms with Crippen LogP contribution in [0.25, 0.3) is 10.9 Å². The minimum absolute atomic E-state index is 0.0941. The van der Waals surface area contributed by atoms with Gasteiger partial charge in [-0.2, -0.15) is 5.10 Å². The third kappa shape index (κ3) is 2.93. The average Bonchev–Trinajstić information content (AvgIpc) is 2.51. The van der Waals surface area contributed by atoms with Crippen molar-refractivity contribution in [3.8, 4) is 5.75 Å². The van der Waals surface area contributed by atoms with E-state index in [1.807, 2.05) is 0 Å². The maximum atomic E-state index is 12.3. The van der Waals surface area contributed by atoms with Gasteiger partial charge in [-0.05, 0) is 40.2 Å². The SMILES string of the molecule is O=c1[nH]c2ccccc2c(=O)n1N=Cc1cc(Cl)cc(Br)c1O. The maximum absolute atomic E-state index is 12.3. The number of para-hydroxylation sites is 1. The first-order chi connectivity index (χ1) is 11.0. The largest absolute Gasteiger partial charge is 0.506 e. The highest BCUT2D eigenvalue weighted by atomic mass is 79.9. The van der Waals surface area contributed by atoms with E-state index in [4.69, 9.17) is 11.6 Å². The van der Waals surface area contributed by atoms with Crippen LogP contribution < -0.4 is 11.2 Å². The van der Waals surface area contributed by atoms with Crippen molar-refractivity contribution in [1.82, 2.24) is 9.66 Å². The predicted octanol–water partition coefficient (Wildman–Crippen LogP) is 2.69. The third-order valence-electron chi connectivity index (χ3n) is 3.15. The molecule has 1 heterocycles. The molecule has 8 heteroatoms. The lowest BCUT2D eigenvalue weighted by Crippen LogP contribution is -2.32. The van der Waals surface area contributed by atoms with Crippen LogP contribution in [-0.2, 0) is 0 Å². The molecule has 116 valence electrons. The molecule has 0 radical (unpaired) electrons. The van der Waals surface area contributed by atoms with E-state index < -0.39 is 11.2 Å². The van der Waals surface area contributed by atoms with Crippen molar-refractivity contribution in [2.45, 2.75) is 0 Å². The van der Waals surface area contributed by atoms with Crippen LogP contribution in [-0.4, -0.2) is 21.0 Å². The Morgan fingerprint density at radius 2 is 2.00 bits per heavy atom. The lowest BCUT2D eigenvalue weighted by Gasteiger charge is -2.03. The van der Waals surface area contributed by atoms with Crippen LogP contribution in [0.3, 0.4) is 0 Å². The summed E-state index contributed by atoms with van der Waals surface area (Å²) in [4.78, 5) is 26.9. The van der Waals surface area contributed by atoms with E-state index in [1.54, 1.807) is 24.3 Å². The van der Waals surface area contributed by atoms with Crippen molar-refractivity contribution in [2.24, 2.45) is 5.10 Å². The van der Waals surface area contributed by atoms with E-state index in [1.165, 1.54) is 18.3 Å². The molecule has 0 unspecified atom stereocenters. The molecule has 0 spiro atoms. The quantitative estimate of drug-likeness (QED) is 0.655. The van der Waals surface area contributed by atoms with Gasteiger partial charge >= 0.3 is 5.69 Å². The fraction of sp³-hybridized carbons (Fsp3) is 0. The number of halogens is 2. The summed E-state index contributed by atoms with van der Waals surface area (Å²) in [7, 11) is 0. The molecular formula is C15H9BrClN3O3. The summed E-state index contributed by atoms with van der Waals surface area (Å²) in [6, 6.07) is 9.61. The number of phenols is 1. The van der Waals surface area contributed by atoms with Gasteiger partial charge in [0.2, 0.25) is 0 Å². The summed E-state index contributed by atoms with van der Waals surface area (Å²) in [5, 5.41) is 14.5. The summed E-state index contributed by atoms with van der Waals surface area (Å²) in [6.07, 6.45) is 1.19. The smallest absolute Gasteiger partial charge is 0.349 e. The van der Waals surface area contributed by atoms with Crippen LogP contribution in [0.5, 0.6) is 5.75 Å². The number of aromatic amines is 1. The van der Waals surface area contributed by atoms with Crippen LogP contribution in [0.2, 0.25) is 5.02 Å². The standard InChI is InChI=1S/C15H9BrClN3O3/c16-11-6-9(17)5-8(13(11)21)7-18-20-14(22)10-3-1-2-4-12(10)19-15(20)23/h1-7,21H,(H,19,23). The monoisotopic (exact) mass is 393 g/mol. The number of phenolic OH excluding ortho intramolecular Hbond substituents is 1. The minimum atomic E-state index is -0.675. The van der Waals surface area contributed by atoms with Crippen LogP contribution in [0.15, 0.2) is 55.6 Å². The van der Waals surface area contributed by atoms with E-state index in [0.29, 0.717) is 25.1 Å². The first-order valence-electron chi connectivity index (χ1n) is 6.44. The van der Waals surface area contributed by atoms with Crippen molar-refractivity contribution in [3.63, 3.8) is 0 Å². The first kappa shape index (κ1) is 15.5. The summed E-state index contributed by atoms with van der Waals surface area (Å²) in [5.74, 6) is -0.0941. The topological polar surface area (TPSA) is 87.5 Å². The first-order valence-corrected chi connectivity index (χ1v) is 7.61. The van der Waals surface area contributed by atoms with E-state index in [9.17, 15) is 14.7 Å². The molecule has 1 aromatic heterocycles. The maximum Gasteiger partial charge on any atom is 0.349 e. The Morgan fingerprint density at radius 1 is 1.26 bits per heavy atom. The summed E-state index contributed by atoms with van der Waals surface area (Å²) >= 11 is 9.06. The number of H-pyrrole nitrogens is 1. The zero-order valence-electron chi connectivity index (χ0n) is 11.5. The molecule has 0 aliphatic rings. The molecule has 3 aromatic rings. The molecule has 6 nitrogen and oxygen atoms in total. The van der Waals surface area contributed by atoms with Crippen LogP contribution >= 0.6 is 27.5 Å². The second-order valence-electron chi connectivity index (χ2n) is 4.66. The number of rotatable bonds is 2. The number of nitrogens with one attached hydrogen (secondary N) is 1. The van der Waals surface area contributed by atoms with Crippen LogP contribution in [0.1, 0.15) is 5.56 Å². The number of hydrogen-bond donors (Lipinski definition) is 2. The Labute approximate surface area is 142 Å². The zero-order chi connectivity index (χ0) is 16.6. The van der Waals surface area contributed by atoms with Crippen molar-refractivity contribution >= 4 is 44.6 Å². The van der Waals surface area contributed by atoms with E-state index in [2.05, 4.69) is 26.0 Å². The molecule has 3 rings (SSSR count). The number of hydrogen-bond acceptors (Lipinski definition) is 4. The molecule has 23 heavy (non-hydrogen) atoms. The van der Waals surface area contributed by atoms with Gasteiger partial charge < -0.3 is 10.1 Å². The molecule has 0 aliphatic heterocycles. The molecular weight excluding hydrogens is 386 g/mol. The van der Waals surface area contributed by atoms with E-state index in [-0.39, 0.29) is 11.3 Å². The van der Waals surface area contributed by atoms with Gasteiger partial charge in [0.25, 0.3) is 5.56 Å². The van der Waals surface area contributed by atoms with Gasteiger partial charge in [-0.15, -0.1) is 4.68 Å². The van der Waals surface area contributed by atoms with Gasteiger partial charge in [-0.1, -0.05) is 23.7 Å². The number of fused-ring (bicyclic) bond motifs is 1. The van der Waals surface area contributed by atoms with Gasteiger partial charge in [-0.3, -0.25) is 4.79 Å². The Bertz CT molecular complexity index is 1060. The summed E-state index contributed by atoms with van der Waals surface area (Å²) < 4.78 is 1.07. The lowest BCUT2D eigenvalue weighted by molar-refractivity contribution is 0.471. The van der Waals surface area contributed by atoms with Crippen molar-refractivity contribution < 1.29 is 5.11 Å². The van der Waals surface area contributed by atoms with Crippen molar-refractivity contribution in [2.75, 3.05) is 0 Å². The van der Waals surface area contributed by atoms with Crippen LogP contribution in [0.4, 0.5) is 0 Å². The Hall–Kier alpha value is -2.38. The molecule has 0 aliphatic carbocycles. The number of aromatic nitrogens is 2. The number of aromatic hydroxyl groups is 1. The third-order valence-corrected chi connectivity index (χ3v) is 3.98. The highest BCUT2D eigenvalue weighted by Gasteiger charge is 2.08. The second-order valence-corrected chi connectivity index (χ2v) is 5.95. The van der Waals surface area contributed by atoms with E-state index >= 15 is 0 Å². The van der Waals surface area contributed by atoms with Gasteiger partial charge in [-0.25, -0.2) is 4.79 Å². The van der Waals surface area contributed by atoms with Gasteiger partial charge in [0.05, 0.1) is 21.6 Å². The predicted molar refractivity (Wildman–Crippen MR) is 92.6 cm³/mol. The fourth-order valence-electron chi connectivity index (χ4n) is 2.06. The molecule has 2 aromatic carbocycles. The molecule has 0 fully saturated rings. The van der Waals surface area contributed by atoms with Crippen molar-refractivity contribution in [3.05, 3.63) is 72.3 Å². The molecule has 0 saturated carbocycles. The van der Waals surface area contributed by atoms with Gasteiger partial charge in [0, 0.05) is 10.6 Å². The highest BCUT2D eigenvalue weighted by molar-refractivity contribution is 9.10. The highest BCUT2D eigenvalue weighted by Crippen LogP contribution is 2.30. The molecule has 0 bridgehead atoms. The number of nitrogens with zero attached hydrogens (tertiary/aromatic N) is 2. The number of benzene rings is 2. The van der Waals surface area contributed by atoms with E-state index in [0.717, 1.165) is 0 Å².